The molecule has 0 unspecified atom stereocenters. The van der Waals surface area contributed by atoms with Crippen LogP contribution in [0.25, 0.3) is 0 Å². The fourth-order valence-corrected chi connectivity index (χ4v) is 4.27. The summed E-state index contributed by atoms with van der Waals surface area (Å²) in [4.78, 5) is 0. The van der Waals surface area contributed by atoms with Crippen LogP contribution in [0.3, 0.4) is 0 Å². The summed E-state index contributed by atoms with van der Waals surface area (Å²) < 4.78 is 34.5. The zero-order valence-electron chi connectivity index (χ0n) is 16.5. The Kier molecular flexibility index (Phi) is 13.2. The summed E-state index contributed by atoms with van der Waals surface area (Å²) in [7, 11) is -3.31. The maximum Gasteiger partial charge on any atom is 0.279 e. The van der Waals surface area contributed by atoms with E-state index in [4.69, 9.17) is 4.74 Å². The number of rotatable bonds is 16. The van der Waals surface area contributed by atoms with Crippen molar-refractivity contribution in [3.63, 3.8) is 0 Å². The van der Waals surface area contributed by atoms with Crippen LogP contribution in [0, 0.1) is 0 Å². The van der Waals surface area contributed by atoms with E-state index in [0.717, 1.165) is 58.2 Å². The zero-order valence-corrected chi connectivity index (χ0v) is 17.4. The fraction of sp³-hybridized carbons (Fsp3) is 0.895. The van der Waals surface area contributed by atoms with Gasteiger partial charge in [0.15, 0.2) is 0 Å². The molecule has 1 aliphatic rings. The van der Waals surface area contributed by atoms with Gasteiger partial charge in [0, 0.05) is 26.2 Å². The van der Waals surface area contributed by atoms with E-state index in [1.165, 1.54) is 19.3 Å². The maximum atomic E-state index is 12.2. The smallest absolute Gasteiger partial charge is 0.279 e. The second-order valence-corrected chi connectivity index (χ2v) is 8.72. The molecular weight excluding hydrogens is 350 g/mol. The molecule has 2 N–H and O–H groups in total. The lowest BCUT2D eigenvalue weighted by Crippen LogP contribution is -2.46. The first-order valence-corrected chi connectivity index (χ1v) is 11.7. The van der Waals surface area contributed by atoms with Crippen LogP contribution < -0.4 is 10.0 Å². The molecule has 0 atom stereocenters. The van der Waals surface area contributed by atoms with Gasteiger partial charge in [-0.05, 0) is 51.6 Å². The molecule has 0 aromatic heterocycles. The Morgan fingerprint density at radius 3 is 2.50 bits per heavy atom. The lowest BCUT2D eigenvalue weighted by Gasteiger charge is -2.31. The van der Waals surface area contributed by atoms with Gasteiger partial charge in [0.05, 0.1) is 6.10 Å². The molecule has 1 aliphatic heterocycles. The van der Waals surface area contributed by atoms with E-state index in [1.807, 2.05) is 6.08 Å². The minimum absolute atomic E-state index is 0.206. The van der Waals surface area contributed by atoms with E-state index in [9.17, 15) is 8.42 Å². The summed E-state index contributed by atoms with van der Waals surface area (Å²) in [5, 5.41) is 3.40. The monoisotopic (exact) mass is 389 g/mol. The topological polar surface area (TPSA) is 70.7 Å². The number of ether oxygens (including phenoxy) is 1. The van der Waals surface area contributed by atoms with Gasteiger partial charge in [0.25, 0.3) is 10.2 Å². The highest BCUT2D eigenvalue weighted by Gasteiger charge is 2.27. The van der Waals surface area contributed by atoms with Crippen molar-refractivity contribution in [1.82, 2.24) is 14.3 Å². The summed E-state index contributed by atoms with van der Waals surface area (Å²) in [5.74, 6) is 0. The van der Waals surface area contributed by atoms with Crippen LogP contribution >= 0.6 is 0 Å². The van der Waals surface area contributed by atoms with Crippen LogP contribution in [0.15, 0.2) is 12.7 Å². The molecule has 0 aromatic rings. The lowest BCUT2D eigenvalue weighted by molar-refractivity contribution is 0.0191. The van der Waals surface area contributed by atoms with Crippen molar-refractivity contribution in [2.45, 2.75) is 70.8 Å². The van der Waals surface area contributed by atoms with Crippen LogP contribution in [0.5, 0.6) is 0 Å². The minimum atomic E-state index is -3.31. The third-order valence-corrected chi connectivity index (χ3v) is 6.30. The minimum Gasteiger partial charge on any atom is -0.378 e. The predicted octanol–water partition coefficient (Wildman–Crippen LogP) is 2.83. The second-order valence-electron chi connectivity index (χ2n) is 6.96. The third-order valence-electron chi connectivity index (χ3n) is 4.68. The molecule has 1 heterocycles. The van der Waals surface area contributed by atoms with Crippen molar-refractivity contribution < 1.29 is 13.2 Å². The molecule has 1 saturated heterocycles. The predicted molar refractivity (Wildman–Crippen MR) is 109 cm³/mol. The Bertz CT molecular complexity index is 449. The zero-order chi connectivity index (χ0) is 19.1. The first kappa shape index (κ1) is 23.6. The Morgan fingerprint density at radius 2 is 1.81 bits per heavy atom. The molecule has 154 valence electrons. The van der Waals surface area contributed by atoms with Gasteiger partial charge >= 0.3 is 0 Å². The number of hydrogen-bond acceptors (Lipinski definition) is 4. The van der Waals surface area contributed by atoms with Gasteiger partial charge in [-0.2, -0.15) is 12.7 Å². The molecule has 0 saturated carbocycles. The molecule has 1 fully saturated rings. The van der Waals surface area contributed by atoms with Gasteiger partial charge in [-0.1, -0.05) is 32.3 Å². The molecule has 7 heteroatoms. The molecule has 0 amide bonds. The van der Waals surface area contributed by atoms with Crippen LogP contribution in [0.1, 0.15) is 64.7 Å². The van der Waals surface area contributed by atoms with Gasteiger partial charge in [-0.15, -0.1) is 6.58 Å². The van der Waals surface area contributed by atoms with Crippen molar-refractivity contribution in [2.24, 2.45) is 0 Å². The second kappa shape index (κ2) is 14.6. The number of unbranched alkanes of at least 4 members (excludes halogenated alkanes) is 4. The highest BCUT2D eigenvalue weighted by atomic mass is 32.2. The largest absolute Gasteiger partial charge is 0.378 e. The van der Waals surface area contributed by atoms with Gasteiger partial charge in [-0.25, -0.2) is 4.72 Å². The van der Waals surface area contributed by atoms with Crippen molar-refractivity contribution >= 4 is 10.2 Å². The quantitative estimate of drug-likeness (QED) is 0.315. The Hall–Kier alpha value is -0.470. The van der Waals surface area contributed by atoms with Crippen molar-refractivity contribution in [3.8, 4) is 0 Å². The van der Waals surface area contributed by atoms with Crippen molar-refractivity contribution in [2.75, 3.05) is 39.3 Å². The SMILES string of the molecule is C=CCCNCCCCCCOC1CCN(S(=O)(=O)NCCCC)CC1. The average molecular weight is 390 g/mol. The molecule has 1 rings (SSSR count). The van der Waals surface area contributed by atoms with Crippen molar-refractivity contribution in [1.29, 1.82) is 0 Å². The lowest BCUT2D eigenvalue weighted by atomic mass is 10.1. The van der Waals surface area contributed by atoms with Crippen LogP contribution in [0.2, 0.25) is 0 Å². The summed E-state index contributed by atoms with van der Waals surface area (Å²) in [6.07, 6.45) is 11.3. The van der Waals surface area contributed by atoms with Crippen LogP contribution in [0.4, 0.5) is 0 Å². The third kappa shape index (κ3) is 10.6. The Labute approximate surface area is 160 Å². The molecule has 0 aromatic carbocycles. The van der Waals surface area contributed by atoms with Crippen LogP contribution in [-0.4, -0.2) is 58.2 Å². The molecule has 0 bridgehead atoms. The van der Waals surface area contributed by atoms with Crippen molar-refractivity contribution in [3.05, 3.63) is 12.7 Å². The van der Waals surface area contributed by atoms with Crippen LogP contribution in [-0.2, 0) is 14.9 Å². The summed E-state index contributed by atoms with van der Waals surface area (Å²) in [6, 6.07) is 0. The first-order valence-electron chi connectivity index (χ1n) is 10.3. The highest BCUT2D eigenvalue weighted by Crippen LogP contribution is 2.16. The number of hydrogen-bond donors (Lipinski definition) is 2. The first-order chi connectivity index (χ1) is 12.6. The molecule has 0 aliphatic carbocycles. The normalized spacial score (nSPS) is 16.8. The number of piperidine rings is 1. The molecule has 0 radical (unpaired) electrons. The Morgan fingerprint density at radius 1 is 1.08 bits per heavy atom. The van der Waals surface area contributed by atoms with E-state index in [-0.39, 0.29) is 6.10 Å². The van der Waals surface area contributed by atoms with Gasteiger partial charge in [-0.3, -0.25) is 0 Å². The van der Waals surface area contributed by atoms with E-state index in [0.29, 0.717) is 19.6 Å². The maximum absolute atomic E-state index is 12.2. The van der Waals surface area contributed by atoms with Gasteiger partial charge < -0.3 is 10.1 Å². The molecule has 0 spiro atoms. The van der Waals surface area contributed by atoms with E-state index in [1.54, 1.807) is 4.31 Å². The Balaban J connectivity index is 2.00. The standard InChI is InChI=1S/C19H39N3O3S/c1-3-5-13-20-14-9-7-8-10-18-25-19-11-16-22(17-12-19)26(23,24)21-15-6-4-2/h3,19-21H,1,4-18H2,2H3. The summed E-state index contributed by atoms with van der Waals surface area (Å²) >= 11 is 0. The molecule has 26 heavy (non-hydrogen) atoms. The molecular formula is C19H39N3O3S. The van der Waals surface area contributed by atoms with E-state index >= 15 is 0 Å². The average Bonchev–Trinajstić information content (AvgIpc) is 2.64. The fourth-order valence-electron chi connectivity index (χ4n) is 2.99. The molecule has 6 nitrogen and oxygen atoms in total. The number of nitrogens with one attached hydrogen (secondary N) is 2. The highest BCUT2D eigenvalue weighted by molar-refractivity contribution is 7.87. The van der Waals surface area contributed by atoms with Gasteiger partial charge in [0.2, 0.25) is 0 Å². The summed E-state index contributed by atoms with van der Waals surface area (Å²) in [6.45, 7) is 10.3. The van der Waals surface area contributed by atoms with E-state index < -0.39 is 10.2 Å². The van der Waals surface area contributed by atoms with Gasteiger partial charge in [0.1, 0.15) is 0 Å². The summed E-state index contributed by atoms with van der Waals surface area (Å²) in [5.41, 5.74) is 0. The number of nitrogens with zero attached hydrogens (tertiary/aromatic N) is 1. The van der Waals surface area contributed by atoms with E-state index in [2.05, 4.69) is 23.5 Å².